The molecule has 0 saturated carbocycles. The molecule has 0 radical (unpaired) electrons. The SMILES string of the molecule is CCCc1nn(C)c2c(=O)n(CCOc3cc(OC(C)(CC)C(=O)O)ccc3Cl)c(C)nc12. The summed E-state index contributed by atoms with van der Waals surface area (Å²) in [6, 6.07) is 4.73. The minimum atomic E-state index is -1.36. The molecule has 9 nitrogen and oxygen atoms in total. The van der Waals surface area contributed by atoms with E-state index in [1.165, 1.54) is 6.92 Å². The number of benzene rings is 1. The zero-order valence-corrected chi connectivity index (χ0v) is 20.3. The molecule has 178 valence electrons. The summed E-state index contributed by atoms with van der Waals surface area (Å²) in [5, 5.41) is 14.2. The lowest BCUT2D eigenvalue weighted by atomic mass is 10.0. The minimum absolute atomic E-state index is 0.154. The first kappa shape index (κ1) is 24.6. The molecular formula is C23H29ClN4O5. The molecule has 0 aliphatic rings. The number of carboxylic acid groups (broad SMARTS) is 1. The van der Waals surface area contributed by atoms with Gasteiger partial charge in [0, 0.05) is 13.1 Å². The largest absolute Gasteiger partial charge is 0.490 e. The Morgan fingerprint density at radius 3 is 2.67 bits per heavy atom. The van der Waals surface area contributed by atoms with Crippen LogP contribution in [-0.2, 0) is 24.8 Å². The van der Waals surface area contributed by atoms with Crippen molar-refractivity contribution in [3.63, 3.8) is 0 Å². The van der Waals surface area contributed by atoms with Gasteiger partial charge in [0.1, 0.15) is 29.4 Å². The van der Waals surface area contributed by atoms with Gasteiger partial charge < -0.3 is 14.6 Å². The summed E-state index contributed by atoms with van der Waals surface area (Å²) in [7, 11) is 1.74. The molecule has 33 heavy (non-hydrogen) atoms. The highest BCUT2D eigenvalue weighted by Gasteiger charge is 2.33. The molecule has 1 atom stereocenters. The van der Waals surface area contributed by atoms with Crippen molar-refractivity contribution in [2.75, 3.05) is 6.61 Å². The number of fused-ring (bicyclic) bond motifs is 1. The van der Waals surface area contributed by atoms with E-state index in [0.717, 1.165) is 18.5 Å². The first-order valence-electron chi connectivity index (χ1n) is 10.9. The average molecular weight is 477 g/mol. The molecule has 0 amide bonds. The van der Waals surface area contributed by atoms with Crippen LogP contribution in [0.5, 0.6) is 11.5 Å². The molecule has 0 spiro atoms. The number of carboxylic acids is 1. The van der Waals surface area contributed by atoms with E-state index in [2.05, 4.69) is 17.0 Å². The molecule has 2 aromatic heterocycles. The molecule has 0 saturated heterocycles. The third-order valence-electron chi connectivity index (χ3n) is 5.64. The number of rotatable bonds is 10. The number of aliphatic carboxylic acids is 1. The lowest BCUT2D eigenvalue weighted by Crippen LogP contribution is -2.40. The number of hydrogen-bond acceptors (Lipinski definition) is 6. The van der Waals surface area contributed by atoms with Crippen LogP contribution in [0, 0.1) is 6.92 Å². The lowest BCUT2D eigenvalue weighted by Gasteiger charge is -2.25. The highest BCUT2D eigenvalue weighted by molar-refractivity contribution is 6.32. The molecule has 0 aliphatic carbocycles. The van der Waals surface area contributed by atoms with Gasteiger partial charge in [0.15, 0.2) is 5.52 Å². The van der Waals surface area contributed by atoms with Crippen LogP contribution >= 0.6 is 11.6 Å². The van der Waals surface area contributed by atoms with E-state index in [0.29, 0.717) is 33.4 Å². The quantitative estimate of drug-likeness (QED) is 0.474. The van der Waals surface area contributed by atoms with E-state index in [9.17, 15) is 14.7 Å². The van der Waals surface area contributed by atoms with Crippen molar-refractivity contribution in [3.05, 3.63) is 45.1 Å². The summed E-state index contributed by atoms with van der Waals surface area (Å²) in [5.74, 6) is 0.182. The molecule has 2 heterocycles. The smallest absolute Gasteiger partial charge is 0.347 e. The van der Waals surface area contributed by atoms with E-state index >= 15 is 0 Å². The molecular weight excluding hydrogens is 448 g/mol. The highest BCUT2D eigenvalue weighted by Crippen LogP contribution is 2.31. The Morgan fingerprint density at radius 1 is 1.30 bits per heavy atom. The number of halogens is 1. The lowest BCUT2D eigenvalue weighted by molar-refractivity contribution is -0.154. The Balaban J connectivity index is 1.80. The normalized spacial score (nSPS) is 13.2. The Hall–Kier alpha value is -3.07. The van der Waals surface area contributed by atoms with Gasteiger partial charge >= 0.3 is 5.97 Å². The molecule has 0 aliphatic heterocycles. The second-order valence-electron chi connectivity index (χ2n) is 8.07. The average Bonchev–Trinajstić information content (AvgIpc) is 3.07. The van der Waals surface area contributed by atoms with Crippen LogP contribution < -0.4 is 15.0 Å². The summed E-state index contributed by atoms with van der Waals surface area (Å²) in [4.78, 5) is 29.3. The van der Waals surface area contributed by atoms with Crippen LogP contribution in [0.25, 0.3) is 11.0 Å². The summed E-state index contributed by atoms with van der Waals surface area (Å²) < 4.78 is 14.6. The van der Waals surface area contributed by atoms with Gasteiger partial charge in [-0.15, -0.1) is 0 Å². The van der Waals surface area contributed by atoms with Crippen molar-refractivity contribution in [3.8, 4) is 11.5 Å². The summed E-state index contributed by atoms with van der Waals surface area (Å²) >= 11 is 6.25. The fraction of sp³-hybridized carbons (Fsp3) is 0.478. The third-order valence-corrected chi connectivity index (χ3v) is 5.95. The van der Waals surface area contributed by atoms with Crippen molar-refractivity contribution in [1.29, 1.82) is 0 Å². The number of hydrogen-bond donors (Lipinski definition) is 1. The molecule has 3 rings (SSSR count). The monoisotopic (exact) mass is 476 g/mol. The van der Waals surface area contributed by atoms with E-state index in [4.69, 9.17) is 21.1 Å². The number of ether oxygens (including phenoxy) is 2. The van der Waals surface area contributed by atoms with Crippen LogP contribution in [0.3, 0.4) is 0 Å². The maximum atomic E-state index is 13.1. The van der Waals surface area contributed by atoms with Gasteiger partial charge in [-0.05, 0) is 38.8 Å². The molecule has 1 aromatic carbocycles. The molecule has 0 fully saturated rings. The summed E-state index contributed by atoms with van der Waals surface area (Å²) in [6.45, 7) is 7.49. The van der Waals surface area contributed by atoms with Gasteiger partial charge in [0.2, 0.25) is 5.60 Å². The van der Waals surface area contributed by atoms with Crippen LogP contribution in [-0.4, -0.2) is 42.6 Å². The minimum Gasteiger partial charge on any atom is -0.490 e. The first-order valence-corrected chi connectivity index (χ1v) is 11.3. The third kappa shape index (κ3) is 4.98. The van der Waals surface area contributed by atoms with E-state index < -0.39 is 11.6 Å². The van der Waals surface area contributed by atoms with E-state index in [-0.39, 0.29) is 25.1 Å². The first-order chi connectivity index (χ1) is 15.6. The van der Waals surface area contributed by atoms with Crippen LogP contribution in [0.2, 0.25) is 5.02 Å². The Labute approximate surface area is 196 Å². The fourth-order valence-electron chi connectivity index (χ4n) is 3.52. The molecule has 3 aromatic rings. The predicted molar refractivity (Wildman–Crippen MR) is 125 cm³/mol. The van der Waals surface area contributed by atoms with Gasteiger partial charge in [0.25, 0.3) is 5.56 Å². The Bertz CT molecular complexity index is 1240. The van der Waals surface area contributed by atoms with Crippen LogP contribution in [0.1, 0.15) is 45.1 Å². The van der Waals surface area contributed by atoms with E-state index in [1.54, 1.807) is 48.3 Å². The topological polar surface area (TPSA) is 108 Å². The number of nitrogens with zero attached hydrogens (tertiary/aromatic N) is 4. The summed E-state index contributed by atoms with van der Waals surface area (Å²) in [5.41, 5.74) is 0.384. The zero-order chi connectivity index (χ0) is 24.3. The van der Waals surface area contributed by atoms with Gasteiger partial charge in [-0.2, -0.15) is 5.10 Å². The van der Waals surface area contributed by atoms with Crippen molar-refractivity contribution in [1.82, 2.24) is 19.3 Å². The molecule has 1 N–H and O–H groups in total. The molecule has 0 bridgehead atoms. The Morgan fingerprint density at radius 2 is 2.03 bits per heavy atom. The summed E-state index contributed by atoms with van der Waals surface area (Å²) in [6.07, 6.45) is 1.95. The number of carbonyl (C=O) groups is 1. The van der Waals surface area contributed by atoms with E-state index in [1.807, 2.05) is 0 Å². The standard InChI is InChI=1S/C23H29ClN4O5/c1-6-8-17-19-20(27(5)26-17)21(29)28(14(3)25-19)11-12-32-18-13-15(9-10-16(18)24)33-23(4,7-2)22(30)31/h9-10,13H,6-8,11-12H2,1-5H3,(H,30,31). The molecule has 10 heteroatoms. The van der Waals surface area contributed by atoms with Gasteiger partial charge in [-0.25, -0.2) is 9.78 Å². The van der Waals surface area contributed by atoms with Crippen molar-refractivity contribution >= 4 is 28.6 Å². The predicted octanol–water partition coefficient (Wildman–Crippen LogP) is 3.76. The fourth-order valence-corrected chi connectivity index (χ4v) is 3.69. The van der Waals surface area contributed by atoms with Crippen molar-refractivity contribution in [2.45, 2.75) is 59.1 Å². The maximum absolute atomic E-state index is 13.1. The Kier molecular flexibility index (Phi) is 7.31. The van der Waals surface area contributed by atoms with Crippen molar-refractivity contribution in [2.24, 2.45) is 7.05 Å². The van der Waals surface area contributed by atoms with Gasteiger partial charge in [-0.3, -0.25) is 14.0 Å². The van der Waals surface area contributed by atoms with Crippen molar-refractivity contribution < 1.29 is 19.4 Å². The van der Waals surface area contributed by atoms with Gasteiger partial charge in [-0.1, -0.05) is 31.9 Å². The molecule has 1 unspecified atom stereocenters. The second-order valence-corrected chi connectivity index (χ2v) is 8.47. The highest BCUT2D eigenvalue weighted by atomic mass is 35.5. The number of aryl methyl sites for hydroxylation is 3. The maximum Gasteiger partial charge on any atom is 0.347 e. The van der Waals surface area contributed by atoms with Crippen LogP contribution in [0.4, 0.5) is 0 Å². The second kappa shape index (κ2) is 9.82. The zero-order valence-electron chi connectivity index (χ0n) is 19.5. The number of aromatic nitrogens is 4. The van der Waals surface area contributed by atoms with Crippen LogP contribution in [0.15, 0.2) is 23.0 Å². The van der Waals surface area contributed by atoms with Gasteiger partial charge in [0.05, 0.1) is 17.3 Å².